The monoisotopic (exact) mass is 318 g/mol. The lowest BCUT2D eigenvalue weighted by atomic mass is 9.97. The summed E-state index contributed by atoms with van der Waals surface area (Å²) in [6, 6.07) is 2.02. The summed E-state index contributed by atoms with van der Waals surface area (Å²) in [5.41, 5.74) is 2.71. The molecule has 1 aliphatic heterocycles. The van der Waals surface area contributed by atoms with E-state index in [9.17, 15) is 9.59 Å². The summed E-state index contributed by atoms with van der Waals surface area (Å²) in [4.78, 5) is 26.7. The van der Waals surface area contributed by atoms with Crippen molar-refractivity contribution in [2.24, 2.45) is 5.92 Å². The van der Waals surface area contributed by atoms with Gasteiger partial charge in [0.25, 0.3) is 5.91 Å². The van der Waals surface area contributed by atoms with Gasteiger partial charge in [0.05, 0.1) is 12.5 Å². The van der Waals surface area contributed by atoms with Crippen molar-refractivity contribution >= 4 is 11.9 Å². The molecule has 0 bridgehead atoms. The fourth-order valence-electron chi connectivity index (χ4n) is 3.26. The molecule has 0 N–H and O–H groups in total. The Kier molecular flexibility index (Phi) is 5.64. The van der Waals surface area contributed by atoms with Gasteiger partial charge in [-0.25, -0.2) is 0 Å². The Morgan fingerprint density at radius 1 is 1.43 bits per heavy atom. The standard InChI is InChI=1S/C18H26N2O3/c1-5-9-20-14(4)11-13(3)16(20)17(21)19-10-7-8-15(12-19)18(22)23-6-2/h5,11,15H,1,6-10,12H2,2-4H3. The predicted octanol–water partition coefficient (Wildman–Crippen LogP) is 2.71. The minimum absolute atomic E-state index is 0.00792. The van der Waals surface area contributed by atoms with Gasteiger partial charge in [-0.15, -0.1) is 6.58 Å². The number of ether oxygens (including phenoxy) is 1. The number of nitrogens with zero attached hydrogens (tertiary/aromatic N) is 2. The molecule has 2 heterocycles. The van der Waals surface area contributed by atoms with E-state index in [1.54, 1.807) is 17.9 Å². The zero-order valence-corrected chi connectivity index (χ0v) is 14.3. The molecule has 0 saturated carbocycles. The number of amides is 1. The summed E-state index contributed by atoms with van der Waals surface area (Å²) < 4.78 is 7.09. The quantitative estimate of drug-likeness (QED) is 0.619. The highest BCUT2D eigenvalue weighted by Gasteiger charge is 2.31. The molecule has 0 aromatic carbocycles. The Labute approximate surface area is 137 Å². The minimum atomic E-state index is -0.211. The molecule has 1 aromatic rings. The first-order valence-corrected chi connectivity index (χ1v) is 8.23. The summed E-state index contributed by atoms with van der Waals surface area (Å²) in [6.07, 6.45) is 3.41. The number of aromatic nitrogens is 1. The highest BCUT2D eigenvalue weighted by Crippen LogP contribution is 2.23. The first-order chi connectivity index (χ1) is 11.0. The summed E-state index contributed by atoms with van der Waals surface area (Å²) in [7, 11) is 0. The first-order valence-electron chi connectivity index (χ1n) is 8.23. The number of carbonyl (C=O) groups is 2. The van der Waals surface area contributed by atoms with Gasteiger partial charge in [0, 0.05) is 25.3 Å². The number of carbonyl (C=O) groups excluding carboxylic acids is 2. The molecule has 1 atom stereocenters. The average molecular weight is 318 g/mol. The van der Waals surface area contributed by atoms with Crippen molar-refractivity contribution < 1.29 is 14.3 Å². The summed E-state index contributed by atoms with van der Waals surface area (Å²) in [6.45, 7) is 11.6. The maximum atomic E-state index is 13.0. The third-order valence-corrected chi connectivity index (χ3v) is 4.34. The smallest absolute Gasteiger partial charge is 0.310 e. The van der Waals surface area contributed by atoms with Crippen LogP contribution in [0.15, 0.2) is 18.7 Å². The van der Waals surface area contributed by atoms with Crippen LogP contribution in [0.5, 0.6) is 0 Å². The molecule has 0 aliphatic carbocycles. The van der Waals surface area contributed by atoms with Crippen LogP contribution in [0.25, 0.3) is 0 Å². The van der Waals surface area contributed by atoms with Crippen LogP contribution >= 0.6 is 0 Å². The average Bonchev–Trinajstić information content (AvgIpc) is 2.81. The van der Waals surface area contributed by atoms with Gasteiger partial charge in [-0.05, 0) is 45.2 Å². The third kappa shape index (κ3) is 3.66. The van der Waals surface area contributed by atoms with E-state index in [4.69, 9.17) is 4.74 Å². The van der Waals surface area contributed by atoms with Crippen molar-refractivity contribution in [3.05, 3.63) is 35.7 Å². The van der Waals surface area contributed by atoms with Crippen LogP contribution in [-0.4, -0.2) is 41.0 Å². The highest BCUT2D eigenvalue weighted by atomic mass is 16.5. The van der Waals surface area contributed by atoms with Gasteiger partial charge in [-0.3, -0.25) is 9.59 Å². The van der Waals surface area contributed by atoms with Gasteiger partial charge in [0.1, 0.15) is 5.69 Å². The lowest BCUT2D eigenvalue weighted by Crippen LogP contribution is -2.43. The number of aryl methyl sites for hydroxylation is 2. The molecule has 1 unspecified atom stereocenters. The molecule has 2 rings (SSSR count). The predicted molar refractivity (Wildman–Crippen MR) is 89.4 cm³/mol. The van der Waals surface area contributed by atoms with Crippen LogP contribution in [0.3, 0.4) is 0 Å². The molecular formula is C18H26N2O3. The number of rotatable bonds is 5. The van der Waals surface area contributed by atoms with Crippen molar-refractivity contribution in [3.8, 4) is 0 Å². The number of hydrogen-bond donors (Lipinski definition) is 0. The van der Waals surface area contributed by atoms with Gasteiger partial charge in [0.2, 0.25) is 0 Å². The van der Waals surface area contributed by atoms with E-state index < -0.39 is 0 Å². The first kappa shape index (κ1) is 17.3. The molecule has 1 aromatic heterocycles. The molecule has 1 amide bonds. The van der Waals surface area contributed by atoms with Crippen molar-refractivity contribution in [1.82, 2.24) is 9.47 Å². The lowest BCUT2D eigenvalue weighted by Gasteiger charge is -2.32. The van der Waals surface area contributed by atoms with E-state index in [-0.39, 0.29) is 17.8 Å². The zero-order chi connectivity index (χ0) is 17.0. The molecule has 126 valence electrons. The van der Waals surface area contributed by atoms with Crippen molar-refractivity contribution in [2.45, 2.75) is 40.2 Å². The molecule has 0 spiro atoms. The van der Waals surface area contributed by atoms with Crippen molar-refractivity contribution in [3.63, 3.8) is 0 Å². The number of allylic oxidation sites excluding steroid dienone is 1. The van der Waals surface area contributed by atoms with Crippen LogP contribution in [0.1, 0.15) is 41.5 Å². The fourth-order valence-corrected chi connectivity index (χ4v) is 3.26. The van der Waals surface area contributed by atoms with E-state index in [1.165, 1.54) is 0 Å². The zero-order valence-electron chi connectivity index (χ0n) is 14.3. The molecular weight excluding hydrogens is 292 g/mol. The van der Waals surface area contributed by atoms with Crippen LogP contribution < -0.4 is 0 Å². The molecule has 0 radical (unpaired) electrons. The maximum Gasteiger partial charge on any atom is 0.310 e. The number of esters is 1. The van der Waals surface area contributed by atoms with Crippen LogP contribution in [0.2, 0.25) is 0 Å². The highest BCUT2D eigenvalue weighted by molar-refractivity contribution is 5.95. The summed E-state index contributed by atoms with van der Waals surface area (Å²) in [5.74, 6) is -0.414. The Morgan fingerprint density at radius 2 is 2.17 bits per heavy atom. The Balaban J connectivity index is 2.20. The molecule has 1 fully saturated rings. The second-order valence-electron chi connectivity index (χ2n) is 6.06. The van der Waals surface area contributed by atoms with Crippen molar-refractivity contribution in [2.75, 3.05) is 19.7 Å². The molecule has 5 nitrogen and oxygen atoms in total. The van der Waals surface area contributed by atoms with E-state index in [2.05, 4.69) is 6.58 Å². The van der Waals surface area contributed by atoms with E-state index in [0.717, 1.165) is 24.1 Å². The van der Waals surface area contributed by atoms with Crippen molar-refractivity contribution in [1.29, 1.82) is 0 Å². The van der Waals surface area contributed by atoms with Gasteiger partial charge in [-0.1, -0.05) is 6.08 Å². The Hall–Kier alpha value is -2.04. The van der Waals surface area contributed by atoms with Crippen LogP contribution in [0.4, 0.5) is 0 Å². The van der Waals surface area contributed by atoms with Gasteiger partial charge >= 0.3 is 5.97 Å². The number of hydrogen-bond acceptors (Lipinski definition) is 3. The van der Waals surface area contributed by atoms with Crippen LogP contribution in [-0.2, 0) is 16.1 Å². The van der Waals surface area contributed by atoms with Gasteiger partial charge in [0.15, 0.2) is 0 Å². The molecule has 1 aliphatic rings. The Morgan fingerprint density at radius 3 is 2.83 bits per heavy atom. The SMILES string of the molecule is C=CCn1c(C)cc(C)c1C(=O)N1CCCC(C(=O)OCC)C1. The number of piperidine rings is 1. The molecule has 23 heavy (non-hydrogen) atoms. The minimum Gasteiger partial charge on any atom is -0.466 e. The van der Waals surface area contributed by atoms with E-state index in [1.807, 2.05) is 24.5 Å². The largest absolute Gasteiger partial charge is 0.466 e. The van der Waals surface area contributed by atoms with Crippen LogP contribution in [0, 0.1) is 19.8 Å². The normalized spacial score (nSPS) is 17.9. The topological polar surface area (TPSA) is 51.5 Å². The Bertz CT molecular complexity index is 604. The summed E-state index contributed by atoms with van der Waals surface area (Å²) in [5, 5.41) is 0. The van der Waals surface area contributed by atoms with E-state index >= 15 is 0 Å². The number of likely N-dealkylation sites (tertiary alicyclic amines) is 1. The second kappa shape index (κ2) is 7.49. The summed E-state index contributed by atoms with van der Waals surface area (Å²) >= 11 is 0. The fraction of sp³-hybridized carbons (Fsp3) is 0.556. The molecule has 5 heteroatoms. The van der Waals surface area contributed by atoms with Gasteiger partial charge in [-0.2, -0.15) is 0 Å². The maximum absolute atomic E-state index is 13.0. The third-order valence-electron chi connectivity index (χ3n) is 4.34. The van der Waals surface area contributed by atoms with Gasteiger partial charge < -0.3 is 14.2 Å². The molecule has 1 saturated heterocycles. The van der Waals surface area contributed by atoms with E-state index in [0.29, 0.717) is 31.9 Å². The lowest BCUT2D eigenvalue weighted by molar-refractivity contribution is -0.149. The second-order valence-corrected chi connectivity index (χ2v) is 6.06.